The highest BCUT2D eigenvalue weighted by Gasteiger charge is 2.00. The number of methoxy groups -OCH3 is 1. The van der Waals surface area contributed by atoms with Crippen LogP contribution in [-0.2, 0) is 5.75 Å². The molecular formula is C16H16ClN3OS. The van der Waals surface area contributed by atoms with E-state index in [1.54, 1.807) is 25.5 Å². The topological polar surface area (TPSA) is 60.0 Å². The van der Waals surface area contributed by atoms with Gasteiger partial charge in [-0.25, -0.2) is 0 Å². The summed E-state index contributed by atoms with van der Waals surface area (Å²) in [6.45, 7) is 0. The van der Waals surface area contributed by atoms with Gasteiger partial charge in [0.25, 0.3) is 0 Å². The van der Waals surface area contributed by atoms with Gasteiger partial charge in [-0.15, -0.1) is 5.10 Å². The van der Waals surface area contributed by atoms with E-state index >= 15 is 0 Å². The van der Waals surface area contributed by atoms with E-state index in [0.717, 1.165) is 11.3 Å². The fourth-order valence-corrected chi connectivity index (χ4v) is 2.48. The zero-order valence-electron chi connectivity index (χ0n) is 12.1. The Kier molecular flexibility index (Phi) is 6.30. The van der Waals surface area contributed by atoms with Gasteiger partial charge in [0.05, 0.1) is 18.3 Å². The van der Waals surface area contributed by atoms with Crippen molar-refractivity contribution in [3.8, 4) is 5.75 Å². The van der Waals surface area contributed by atoms with Crippen LogP contribution in [0.2, 0.25) is 5.02 Å². The van der Waals surface area contributed by atoms with Crippen molar-refractivity contribution in [3.63, 3.8) is 0 Å². The number of benzene rings is 2. The maximum Gasteiger partial charge on any atom is 0.180 e. The molecule has 0 saturated heterocycles. The molecule has 4 nitrogen and oxygen atoms in total. The maximum atomic E-state index is 5.96. The summed E-state index contributed by atoms with van der Waals surface area (Å²) in [5.74, 6) is 1.36. The fourth-order valence-electron chi connectivity index (χ4n) is 1.67. The van der Waals surface area contributed by atoms with Crippen molar-refractivity contribution in [3.05, 3.63) is 64.7 Å². The largest absolute Gasteiger partial charge is 0.495 e. The standard InChI is InChI=1S/C16H16ClN3OS/c1-21-15-9-13(7-8-14(15)17)10-19-20-16(18)22-11-12-5-3-2-4-6-12/h2-10H,11H2,1H3,(H2,18,20). The molecule has 0 fully saturated rings. The third kappa shape index (κ3) is 5.09. The molecule has 0 aliphatic rings. The number of ether oxygens (including phenoxy) is 1. The molecular weight excluding hydrogens is 318 g/mol. The van der Waals surface area contributed by atoms with Crippen molar-refractivity contribution < 1.29 is 4.74 Å². The molecule has 2 rings (SSSR count). The first-order valence-corrected chi connectivity index (χ1v) is 7.92. The van der Waals surface area contributed by atoms with E-state index in [1.165, 1.54) is 17.3 Å². The van der Waals surface area contributed by atoms with Crippen molar-refractivity contribution in [1.29, 1.82) is 0 Å². The van der Waals surface area contributed by atoms with Crippen LogP contribution in [0.1, 0.15) is 11.1 Å². The number of amidine groups is 1. The summed E-state index contributed by atoms with van der Waals surface area (Å²) >= 11 is 7.40. The summed E-state index contributed by atoms with van der Waals surface area (Å²) in [6, 6.07) is 15.4. The predicted molar refractivity (Wildman–Crippen MR) is 95.0 cm³/mol. The third-order valence-corrected chi connectivity index (χ3v) is 3.94. The van der Waals surface area contributed by atoms with Gasteiger partial charge in [-0.2, -0.15) is 5.10 Å². The number of nitrogens with zero attached hydrogens (tertiary/aromatic N) is 2. The first-order valence-electron chi connectivity index (χ1n) is 6.56. The van der Waals surface area contributed by atoms with Crippen molar-refractivity contribution >= 4 is 34.7 Å². The normalized spacial score (nSPS) is 11.8. The highest BCUT2D eigenvalue weighted by molar-refractivity contribution is 8.13. The number of hydrogen-bond acceptors (Lipinski definition) is 4. The molecule has 0 aliphatic carbocycles. The summed E-state index contributed by atoms with van der Waals surface area (Å²) in [5, 5.41) is 8.92. The number of rotatable bonds is 5. The lowest BCUT2D eigenvalue weighted by molar-refractivity contribution is 0.415. The average Bonchev–Trinajstić information content (AvgIpc) is 2.55. The van der Waals surface area contributed by atoms with E-state index < -0.39 is 0 Å². The Labute approximate surface area is 139 Å². The first kappa shape index (κ1) is 16.4. The van der Waals surface area contributed by atoms with Gasteiger partial charge < -0.3 is 10.5 Å². The van der Waals surface area contributed by atoms with E-state index in [9.17, 15) is 0 Å². The molecule has 0 spiro atoms. The van der Waals surface area contributed by atoms with E-state index in [2.05, 4.69) is 10.2 Å². The molecule has 2 aromatic rings. The van der Waals surface area contributed by atoms with Gasteiger partial charge >= 0.3 is 0 Å². The SMILES string of the molecule is COc1cc(C=NN=C(N)SCc2ccccc2)ccc1Cl. The van der Waals surface area contributed by atoms with Gasteiger partial charge in [0.1, 0.15) is 5.75 Å². The van der Waals surface area contributed by atoms with Crippen LogP contribution in [0.3, 0.4) is 0 Å². The summed E-state index contributed by atoms with van der Waals surface area (Å²) in [6.07, 6.45) is 1.61. The Morgan fingerprint density at radius 3 is 2.77 bits per heavy atom. The Balaban J connectivity index is 1.92. The van der Waals surface area contributed by atoms with Gasteiger partial charge in [-0.05, 0) is 23.3 Å². The van der Waals surface area contributed by atoms with Crippen molar-refractivity contribution in [2.24, 2.45) is 15.9 Å². The second kappa shape index (κ2) is 8.46. The van der Waals surface area contributed by atoms with E-state index in [4.69, 9.17) is 22.1 Å². The number of hydrogen-bond donors (Lipinski definition) is 1. The Hall–Kier alpha value is -1.98. The molecule has 2 N–H and O–H groups in total. The Bertz CT molecular complexity index is 674. The lowest BCUT2D eigenvalue weighted by Crippen LogP contribution is -2.06. The van der Waals surface area contributed by atoms with Crippen LogP contribution < -0.4 is 10.5 Å². The van der Waals surface area contributed by atoms with Crippen LogP contribution in [0, 0.1) is 0 Å². The van der Waals surface area contributed by atoms with Crippen LogP contribution in [0.25, 0.3) is 0 Å². The first-order chi connectivity index (χ1) is 10.7. The zero-order chi connectivity index (χ0) is 15.8. The molecule has 0 aliphatic heterocycles. The second-order valence-corrected chi connectivity index (χ2v) is 5.75. The third-order valence-electron chi connectivity index (χ3n) is 2.77. The minimum Gasteiger partial charge on any atom is -0.495 e. The summed E-state index contributed by atoms with van der Waals surface area (Å²) in [5.41, 5.74) is 7.85. The molecule has 0 unspecified atom stereocenters. The molecule has 0 amide bonds. The van der Waals surface area contributed by atoms with E-state index in [0.29, 0.717) is 15.9 Å². The van der Waals surface area contributed by atoms with Gasteiger partial charge in [-0.3, -0.25) is 0 Å². The Morgan fingerprint density at radius 1 is 1.27 bits per heavy atom. The van der Waals surface area contributed by atoms with E-state index in [-0.39, 0.29) is 0 Å². The lowest BCUT2D eigenvalue weighted by atomic mass is 10.2. The van der Waals surface area contributed by atoms with Crippen LogP contribution >= 0.6 is 23.4 Å². The van der Waals surface area contributed by atoms with Crippen molar-refractivity contribution in [1.82, 2.24) is 0 Å². The predicted octanol–water partition coefficient (Wildman–Crippen LogP) is 3.93. The summed E-state index contributed by atoms with van der Waals surface area (Å²) < 4.78 is 5.14. The van der Waals surface area contributed by atoms with Gasteiger partial charge in [0, 0.05) is 5.75 Å². The van der Waals surface area contributed by atoms with Crippen molar-refractivity contribution in [2.75, 3.05) is 7.11 Å². The zero-order valence-corrected chi connectivity index (χ0v) is 13.6. The summed E-state index contributed by atoms with van der Waals surface area (Å²) in [7, 11) is 1.57. The quantitative estimate of drug-likeness (QED) is 0.512. The average molecular weight is 334 g/mol. The number of nitrogens with two attached hydrogens (primary N) is 1. The molecule has 0 saturated carbocycles. The molecule has 22 heavy (non-hydrogen) atoms. The van der Waals surface area contributed by atoms with E-state index in [1.807, 2.05) is 36.4 Å². The Morgan fingerprint density at radius 2 is 2.05 bits per heavy atom. The molecule has 6 heteroatoms. The number of halogens is 1. The monoisotopic (exact) mass is 333 g/mol. The highest BCUT2D eigenvalue weighted by Crippen LogP contribution is 2.24. The van der Waals surface area contributed by atoms with Crippen molar-refractivity contribution in [2.45, 2.75) is 5.75 Å². The van der Waals surface area contributed by atoms with Crippen LogP contribution in [-0.4, -0.2) is 18.5 Å². The number of thioether (sulfide) groups is 1. The minimum atomic E-state index is 0.418. The molecule has 114 valence electrons. The van der Waals surface area contributed by atoms with Crippen LogP contribution in [0.5, 0.6) is 5.75 Å². The molecule has 0 aromatic heterocycles. The van der Waals surface area contributed by atoms with Crippen LogP contribution in [0.15, 0.2) is 58.7 Å². The molecule has 0 radical (unpaired) electrons. The molecule has 0 atom stereocenters. The van der Waals surface area contributed by atoms with Gasteiger partial charge in [-0.1, -0.05) is 59.8 Å². The second-order valence-electron chi connectivity index (χ2n) is 4.35. The minimum absolute atomic E-state index is 0.418. The van der Waals surface area contributed by atoms with Crippen LogP contribution in [0.4, 0.5) is 0 Å². The molecule has 0 bridgehead atoms. The molecule has 2 aromatic carbocycles. The summed E-state index contributed by atoms with van der Waals surface area (Å²) in [4.78, 5) is 0. The smallest absolute Gasteiger partial charge is 0.180 e. The fraction of sp³-hybridized carbons (Fsp3) is 0.125. The van der Waals surface area contributed by atoms with Gasteiger partial charge in [0.15, 0.2) is 5.17 Å². The molecule has 0 heterocycles. The maximum absolute atomic E-state index is 5.96. The van der Waals surface area contributed by atoms with Gasteiger partial charge in [0.2, 0.25) is 0 Å². The highest BCUT2D eigenvalue weighted by atomic mass is 35.5. The lowest BCUT2D eigenvalue weighted by Gasteiger charge is -2.02.